The SMILES string of the molecule is CCCCCCCCC1(CCCCCCCC)c2cc(C)ccc2-c2ccc(-c3cc(-c4cc5c6c(cccc6c4)-c4ccccc4-5)cc(-c4ccc(-c5ccc(C)s5)s4)c3)cc21. The third kappa shape index (κ3) is 8.08. The van der Waals surface area contributed by atoms with Gasteiger partial charge >= 0.3 is 0 Å². The first-order chi connectivity index (χ1) is 30.9. The van der Waals surface area contributed by atoms with Crippen molar-refractivity contribution in [2.24, 2.45) is 0 Å². The summed E-state index contributed by atoms with van der Waals surface area (Å²) in [6, 6.07) is 52.4. The summed E-state index contributed by atoms with van der Waals surface area (Å²) in [6.45, 7) is 9.17. The van der Waals surface area contributed by atoms with Crippen molar-refractivity contribution in [3.8, 4) is 75.8 Å². The van der Waals surface area contributed by atoms with Gasteiger partial charge in [-0.1, -0.05) is 169 Å². The van der Waals surface area contributed by atoms with E-state index in [2.05, 4.69) is 161 Å². The first kappa shape index (κ1) is 42.0. The zero-order valence-electron chi connectivity index (χ0n) is 37.9. The maximum absolute atomic E-state index is 2.65. The molecule has 0 N–H and O–H groups in total. The second kappa shape index (κ2) is 18.2. The summed E-state index contributed by atoms with van der Waals surface area (Å²) in [7, 11) is 0. The van der Waals surface area contributed by atoms with Gasteiger partial charge in [0.1, 0.15) is 0 Å². The molecule has 0 saturated carbocycles. The summed E-state index contributed by atoms with van der Waals surface area (Å²) in [5.41, 5.74) is 19.4. The van der Waals surface area contributed by atoms with E-state index in [9.17, 15) is 0 Å². The average Bonchev–Trinajstić information content (AvgIpc) is 4.10. The van der Waals surface area contributed by atoms with Crippen LogP contribution < -0.4 is 0 Å². The van der Waals surface area contributed by atoms with Crippen LogP contribution in [-0.4, -0.2) is 0 Å². The lowest BCUT2D eigenvalue weighted by atomic mass is 9.70. The van der Waals surface area contributed by atoms with Crippen molar-refractivity contribution in [3.05, 3.63) is 155 Å². The third-order valence-corrected chi connectivity index (χ3v) is 16.7. The van der Waals surface area contributed by atoms with Crippen LogP contribution in [0.4, 0.5) is 0 Å². The summed E-state index contributed by atoms with van der Waals surface area (Å²) in [4.78, 5) is 5.38. The van der Waals surface area contributed by atoms with Crippen LogP contribution in [0.5, 0.6) is 0 Å². The second-order valence-corrected chi connectivity index (χ2v) is 21.1. The molecule has 0 atom stereocenters. The molecule has 0 spiro atoms. The van der Waals surface area contributed by atoms with Crippen molar-refractivity contribution < 1.29 is 0 Å². The molecule has 0 bridgehead atoms. The molecule has 318 valence electrons. The zero-order valence-corrected chi connectivity index (χ0v) is 39.6. The van der Waals surface area contributed by atoms with E-state index in [-0.39, 0.29) is 5.41 Å². The number of benzene rings is 6. The number of hydrogen-bond donors (Lipinski definition) is 0. The molecular formula is C61H62S2. The van der Waals surface area contributed by atoms with Crippen LogP contribution in [0.25, 0.3) is 86.6 Å². The molecule has 2 heterocycles. The van der Waals surface area contributed by atoms with Gasteiger partial charge in [-0.3, -0.25) is 0 Å². The predicted molar refractivity (Wildman–Crippen MR) is 278 cm³/mol. The Bertz CT molecular complexity index is 2900. The Hall–Kier alpha value is -5.02. The largest absolute Gasteiger partial charge is 0.140 e. The van der Waals surface area contributed by atoms with E-state index in [0.29, 0.717) is 0 Å². The topological polar surface area (TPSA) is 0 Å². The molecular weight excluding hydrogens is 797 g/mol. The molecule has 2 aliphatic rings. The first-order valence-corrected chi connectivity index (χ1v) is 25.8. The van der Waals surface area contributed by atoms with Crippen molar-refractivity contribution in [2.45, 2.75) is 123 Å². The molecule has 0 radical (unpaired) electrons. The van der Waals surface area contributed by atoms with Gasteiger partial charge in [-0.2, -0.15) is 0 Å². The minimum absolute atomic E-state index is 0.0394. The average molecular weight is 859 g/mol. The molecule has 2 aromatic heterocycles. The lowest BCUT2D eigenvalue weighted by Gasteiger charge is -2.33. The van der Waals surface area contributed by atoms with Crippen molar-refractivity contribution in [3.63, 3.8) is 0 Å². The Balaban J connectivity index is 1.11. The van der Waals surface area contributed by atoms with Crippen LogP contribution in [0, 0.1) is 13.8 Å². The van der Waals surface area contributed by atoms with E-state index >= 15 is 0 Å². The number of rotatable bonds is 18. The van der Waals surface area contributed by atoms with Crippen LogP contribution in [0.3, 0.4) is 0 Å². The Morgan fingerprint density at radius 1 is 0.381 bits per heavy atom. The van der Waals surface area contributed by atoms with Crippen LogP contribution in [0.2, 0.25) is 0 Å². The van der Waals surface area contributed by atoms with Crippen molar-refractivity contribution in [1.82, 2.24) is 0 Å². The highest BCUT2D eigenvalue weighted by atomic mass is 32.1. The quantitative estimate of drug-likeness (QED) is 0.0754. The van der Waals surface area contributed by atoms with Crippen LogP contribution in [0.15, 0.2) is 133 Å². The van der Waals surface area contributed by atoms with Gasteiger partial charge in [-0.25, -0.2) is 0 Å². The molecule has 0 aliphatic heterocycles. The Morgan fingerprint density at radius 2 is 0.952 bits per heavy atom. The van der Waals surface area contributed by atoms with E-state index in [0.717, 1.165) is 0 Å². The van der Waals surface area contributed by atoms with Gasteiger partial charge < -0.3 is 0 Å². The summed E-state index contributed by atoms with van der Waals surface area (Å²) >= 11 is 3.82. The molecule has 2 heteroatoms. The molecule has 63 heavy (non-hydrogen) atoms. The smallest absolute Gasteiger partial charge is 0.0449 e. The Morgan fingerprint density at radius 3 is 1.67 bits per heavy atom. The summed E-state index contributed by atoms with van der Waals surface area (Å²) < 4.78 is 0. The molecule has 0 saturated heterocycles. The highest BCUT2D eigenvalue weighted by Crippen LogP contribution is 2.56. The van der Waals surface area contributed by atoms with E-state index in [4.69, 9.17) is 0 Å². The monoisotopic (exact) mass is 858 g/mol. The molecule has 0 amide bonds. The highest BCUT2D eigenvalue weighted by Gasteiger charge is 2.42. The molecule has 6 aromatic carbocycles. The summed E-state index contributed by atoms with van der Waals surface area (Å²) in [5, 5.41) is 2.70. The van der Waals surface area contributed by atoms with Gasteiger partial charge in [0.15, 0.2) is 0 Å². The zero-order chi connectivity index (χ0) is 42.9. The number of aryl methyl sites for hydroxylation is 2. The van der Waals surface area contributed by atoms with Crippen LogP contribution >= 0.6 is 22.7 Å². The lowest BCUT2D eigenvalue weighted by Crippen LogP contribution is -2.25. The standard InChI is InChI=1S/C61H62S2/c1-5-7-9-11-13-17-32-61(33-18-14-12-10-8-6-2)55-34-41(3)24-27-51(55)52-28-26-43(40-56(52)61)45-36-46(38-48(37-45)57-30-31-59(63-57)58-29-25-42(4)62-58)47-35-44-20-19-23-53-49-21-15-16-22-50(49)54(39-47)60(44)53/h15-16,19-31,34-40H,5-14,17-18,32-33H2,1-4H3. The summed E-state index contributed by atoms with van der Waals surface area (Å²) in [6.07, 6.45) is 18.4. The lowest BCUT2D eigenvalue weighted by molar-refractivity contribution is 0.398. The predicted octanol–water partition coefficient (Wildman–Crippen LogP) is 19.7. The van der Waals surface area contributed by atoms with Gasteiger partial charge in [0, 0.05) is 24.9 Å². The van der Waals surface area contributed by atoms with E-state index < -0.39 is 0 Å². The molecule has 10 rings (SSSR count). The van der Waals surface area contributed by atoms with Gasteiger partial charge in [0.05, 0.1) is 0 Å². The number of hydrogen-bond acceptors (Lipinski definition) is 2. The van der Waals surface area contributed by atoms with Crippen molar-refractivity contribution in [1.29, 1.82) is 0 Å². The Labute approximate surface area is 385 Å². The first-order valence-electron chi connectivity index (χ1n) is 24.2. The maximum atomic E-state index is 2.65. The normalized spacial score (nSPS) is 13.1. The third-order valence-electron chi connectivity index (χ3n) is 14.4. The van der Waals surface area contributed by atoms with Gasteiger partial charge in [0.25, 0.3) is 0 Å². The van der Waals surface area contributed by atoms with Gasteiger partial charge in [0.2, 0.25) is 0 Å². The second-order valence-electron chi connectivity index (χ2n) is 18.8. The fourth-order valence-electron chi connectivity index (χ4n) is 11.1. The van der Waals surface area contributed by atoms with Crippen molar-refractivity contribution in [2.75, 3.05) is 0 Å². The fourth-order valence-corrected chi connectivity index (χ4v) is 13.1. The molecule has 0 unspecified atom stereocenters. The van der Waals surface area contributed by atoms with E-state index in [1.807, 2.05) is 22.7 Å². The van der Waals surface area contributed by atoms with Crippen molar-refractivity contribution >= 4 is 33.4 Å². The number of fused-ring (bicyclic) bond motifs is 6. The number of unbranched alkanes of at least 4 members (excludes halogenated alkanes) is 10. The molecule has 0 nitrogen and oxygen atoms in total. The van der Waals surface area contributed by atoms with Gasteiger partial charge in [-0.05, 0) is 170 Å². The Kier molecular flexibility index (Phi) is 12.1. The minimum Gasteiger partial charge on any atom is -0.140 e. The molecule has 2 aliphatic carbocycles. The highest BCUT2D eigenvalue weighted by molar-refractivity contribution is 7.23. The van der Waals surface area contributed by atoms with Crippen LogP contribution in [-0.2, 0) is 5.41 Å². The van der Waals surface area contributed by atoms with E-state index in [1.54, 1.807) is 11.1 Å². The summed E-state index contributed by atoms with van der Waals surface area (Å²) in [5.74, 6) is 0. The van der Waals surface area contributed by atoms with Crippen LogP contribution in [0.1, 0.15) is 125 Å². The minimum atomic E-state index is 0.0394. The number of thiophene rings is 2. The molecule has 8 aromatic rings. The van der Waals surface area contributed by atoms with E-state index in [1.165, 1.54) is 187 Å². The fraction of sp³-hybridized carbons (Fsp3) is 0.311. The molecule has 0 fully saturated rings. The van der Waals surface area contributed by atoms with Gasteiger partial charge in [-0.15, -0.1) is 22.7 Å². The maximum Gasteiger partial charge on any atom is 0.0449 e.